The van der Waals surface area contributed by atoms with Gasteiger partial charge in [0.1, 0.15) is 0 Å². The number of ether oxygens (including phenoxy) is 1. The third kappa shape index (κ3) is 7.33. The van der Waals surface area contributed by atoms with E-state index in [-0.39, 0.29) is 6.03 Å². The molecule has 0 saturated heterocycles. The zero-order valence-electron chi connectivity index (χ0n) is 11.5. The van der Waals surface area contributed by atoms with E-state index in [1.165, 1.54) is 18.4 Å². The summed E-state index contributed by atoms with van der Waals surface area (Å²) >= 11 is 0. The van der Waals surface area contributed by atoms with Gasteiger partial charge in [0.05, 0.1) is 0 Å². The number of carbonyl (C=O) groups is 1. The van der Waals surface area contributed by atoms with E-state index in [0.717, 1.165) is 45.3 Å². The monoisotopic (exact) mass is 254 g/mol. The predicted molar refractivity (Wildman–Crippen MR) is 73.4 cm³/mol. The summed E-state index contributed by atoms with van der Waals surface area (Å²) in [6.45, 7) is 4.37. The Morgan fingerprint density at radius 1 is 1.28 bits per heavy atom. The Morgan fingerprint density at radius 2 is 2.00 bits per heavy atom. The van der Waals surface area contributed by atoms with Crippen molar-refractivity contribution in [3.63, 3.8) is 0 Å². The van der Waals surface area contributed by atoms with Gasteiger partial charge in [-0.15, -0.1) is 0 Å². The highest BCUT2D eigenvalue weighted by Crippen LogP contribution is 2.22. The maximum atomic E-state index is 11.4. The Hall–Kier alpha value is -1.03. The average molecular weight is 254 g/mol. The molecule has 1 aliphatic carbocycles. The van der Waals surface area contributed by atoms with Crippen molar-refractivity contribution < 1.29 is 9.53 Å². The van der Waals surface area contributed by atoms with Gasteiger partial charge in [-0.25, -0.2) is 4.79 Å². The smallest absolute Gasteiger partial charge is 0.318 e. The van der Waals surface area contributed by atoms with Gasteiger partial charge in [-0.3, -0.25) is 0 Å². The van der Waals surface area contributed by atoms with Crippen LogP contribution in [0.3, 0.4) is 0 Å². The van der Waals surface area contributed by atoms with Crippen molar-refractivity contribution in [2.45, 2.75) is 51.9 Å². The van der Waals surface area contributed by atoms with Crippen molar-refractivity contribution in [2.24, 2.45) is 0 Å². The van der Waals surface area contributed by atoms with Crippen LogP contribution in [0, 0.1) is 0 Å². The maximum Gasteiger partial charge on any atom is 0.318 e. The van der Waals surface area contributed by atoms with Crippen molar-refractivity contribution in [3.05, 3.63) is 11.8 Å². The van der Waals surface area contributed by atoms with E-state index in [9.17, 15) is 4.79 Å². The van der Waals surface area contributed by atoms with Gasteiger partial charge in [-0.05, 0) is 38.5 Å². The highest BCUT2D eigenvalue weighted by Gasteiger charge is 2.06. The Morgan fingerprint density at radius 3 is 2.72 bits per heavy atom. The molecule has 1 rings (SSSR count). The lowest BCUT2D eigenvalue weighted by molar-refractivity contribution is 0.129. The van der Waals surface area contributed by atoms with Gasteiger partial charge in [0.25, 0.3) is 0 Å². The van der Waals surface area contributed by atoms with E-state index in [4.69, 9.17) is 4.74 Å². The highest BCUT2D eigenvalue weighted by molar-refractivity contribution is 5.74. The molecule has 0 spiro atoms. The number of hydrogen-bond donors (Lipinski definition) is 2. The number of hydrogen-bond acceptors (Lipinski definition) is 2. The second-order valence-corrected chi connectivity index (χ2v) is 4.73. The van der Waals surface area contributed by atoms with Crippen LogP contribution >= 0.6 is 0 Å². The van der Waals surface area contributed by atoms with Crippen molar-refractivity contribution >= 4 is 6.03 Å². The number of rotatable bonds is 8. The Bertz CT molecular complexity index is 257. The molecule has 0 bridgehead atoms. The number of carbonyl (C=O) groups excluding carboxylic acids is 1. The van der Waals surface area contributed by atoms with Gasteiger partial charge in [0.15, 0.2) is 0 Å². The first kappa shape index (κ1) is 15.0. The molecule has 0 aliphatic heterocycles. The summed E-state index contributed by atoms with van der Waals surface area (Å²) in [6, 6.07) is -0.108. The Labute approximate surface area is 110 Å². The summed E-state index contributed by atoms with van der Waals surface area (Å²) in [7, 11) is 0. The summed E-state index contributed by atoms with van der Waals surface area (Å²) in [5.41, 5.74) is 1.35. The van der Waals surface area contributed by atoms with Crippen LogP contribution in [0.4, 0.5) is 4.79 Å². The quantitative estimate of drug-likeness (QED) is 0.654. The summed E-state index contributed by atoms with van der Waals surface area (Å²) in [4.78, 5) is 11.4. The van der Waals surface area contributed by atoms with E-state index in [2.05, 4.69) is 17.6 Å². The molecule has 0 unspecified atom stereocenters. The summed E-state index contributed by atoms with van der Waals surface area (Å²) in [5.74, 6) is 0. The first-order chi connectivity index (χ1) is 8.83. The topological polar surface area (TPSA) is 50.4 Å². The fourth-order valence-electron chi connectivity index (χ4n) is 1.92. The summed E-state index contributed by atoms with van der Waals surface area (Å²) < 4.78 is 5.41. The van der Waals surface area contributed by atoms with Crippen LogP contribution < -0.4 is 10.6 Å². The van der Waals surface area contributed by atoms with Crippen LogP contribution in [0.25, 0.3) is 0 Å². The molecule has 1 aliphatic rings. The van der Waals surface area contributed by atoms with E-state index in [1.54, 1.807) is 0 Å². The van der Waals surface area contributed by atoms with E-state index >= 15 is 0 Å². The minimum Gasteiger partial charge on any atom is -0.381 e. The minimum absolute atomic E-state index is 0.108. The van der Waals surface area contributed by atoms with Crippen molar-refractivity contribution in [2.75, 3.05) is 19.8 Å². The summed E-state index contributed by atoms with van der Waals surface area (Å²) in [5, 5.41) is 5.61. The van der Waals surface area contributed by atoms with E-state index in [1.807, 2.05) is 6.20 Å². The number of amides is 2. The molecule has 2 N–H and O–H groups in total. The van der Waals surface area contributed by atoms with Crippen LogP contribution in [-0.4, -0.2) is 25.8 Å². The van der Waals surface area contributed by atoms with Crippen LogP contribution in [0.2, 0.25) is 0 Å². The first-order valence-corrected chi connectivity index (χ1v) is 7.13. The number of allylic oxidation sites excluding steroid dienone is 1. The SMILES string of the molecule is CCCCOCCCNC(=O)NC=C1CCCC1. The zero-order valence-corrected chi connectivity index (χ0v) is 11.5. The molecule has 4 heteroatoms. The van der Waals surface area contributed by atoms with Crippen molar-refractivity contribution in [3.8, 4) is 0 Å². The molecule has 0 aromatic rings. The van der Waals surface area contributed by atoms with Crippen LogP contribution in [0.1, 0.15) is 51.9 Å². The molecule has 4 nitrogen and oxygen atoms in total. The lowest BCUT2D eigenvalue weighted by atomic mass is 10.2. The molecule has 0 heterocycles. The molecule has 0 radical (unpaired) electrons. The molecule has 0 aromatic carbocycles. The zero-order chi connectivity index (χ0) is 13.1. The molecule has 1 fully saturated rings. The largest absolute Gasteiger partial charge is 0.381 e. The van der Waals surface area contributed by atoms with Crippen LogP contribution in [-0.2, 0) is 4.74 Å². The Balaban J connectivity index is 1.92. The maximum absolute atomic E-state index is 11.4. The van der Waals surface area contributed by atoms with E-state index in [0.29, 0.717) is 6.54 Å². The molecule has 0 aromatic heterocycles. The van der Waals surface area contributed by atoms with Gasteiger partial charge in [-0.1, -0.05) is 18.9 Å². The molecular formula is C14H26N2O2. The van der Waals surface area contributed by atoms with Gasteiger partial charge < -0.3 is 15.4 Å². The van der Waals surface area contributed by atoms with Crippen molar-refractivity contribution in [1.82, 2.24) is 10.6 Å². The minimum atomic E-state index is -0.108. The molecule has 18 heavy (non-hydrogen) atoms. The fourth-order valence-corrected chi connectivity index (χ4v) is 1.92. The number of urea groups is 1. The highest BCUT2D eigenvalue weighted by atomic mass is 16.5. The molecule has 0 atom stereocenters. The van der Waals surface area contributed by atoms with Gasteiger partial charge in [0, 0.05) is 26.0 Å². The van der Waals surface area contributed by atoms with Gasteiger partial charge in [-0.2, -0.15) is 0 Å². The predicted octanol–water partition coefficient (Wildman–Crippen LogP) is 2.95. The molecule has 1 saturated carbocycles. The lowest BCUT2D eigenvalue weighted by Crippen LogP contribution is -2.33. The van der Waals surface area contributed by atoms with E-state index < -0.39 is 0 Å². The fraction of sp³-hybridized carbons (Fsp3) is 0.786. The molecule has 2 amide bonds. The second kappa shape index (κ2) is 9.95. The second-order valence-electron chi connectivity index (χ2n) is 4.73. The molecular weight excluding hydrogens is 228 g/mol. The lowest BCUT2D eigenvalue weighted by Gasteiger charge is -2.06. The van der Waals surface area contributed by atoms with Crippen LogP contribution in [0.15, 0.2) is 11.8 Å². The number of unbranched alkanes of at least 4 members (excludes halogenated alkanes) is 1. The summed E-state index contributed by atoms with van der Waals surface area (Å²) in [6.07, 6.45) is 9.77. The van der Waals surface area contributed by atoms with Gasteiger partial charge >= 0.3 is 6.03 Å². The first-order valence-electron chi connectivity index (χ1n) is 7.13. The average Bonchev–Trinajstić information content (AvgIpc) is 2.88. The molecule has 104 valence electrons. The third-order valence-electron chi connectivity index (χ3n) is 3.05. The standard InChI is InChI=1S/C14H26N2O2/c1-2-3-10-18-11-6-9-15-14(17)16-12-13-7-4-5-8-13/h12H,2-11H2,1H3,(H2,15,16,17). The normalized spacial score (nSPS) is 14.6. The number of nitrogens with one attached hydrogen (secondary N) is 2. The van der Waals surface area contributed by atoms with Crippen molar-refractivity contribution in [1.29, 1.82) is 0 Å². The van der Waals surface area contributed by atoms with Gasteiger partial charge in [0.2, 0.25) is 0 Å². The Kier molecular flexibility index (Phi) is 8.30. The third-order valence-corrected chi connectivity index (χ3v) is 3.05. The van der Waals surface area contributed by atoms with Crippen LogP contribution in [0.5, 0.6) is 0 Å².